The minimum Gasteiger partial charge on any atom is -0.467 e. The van der Waals surface area contributed by atoms with Gasteiger partial charge in [0, 0.05) is 23.6 Å². The molecule has 11 heteroatoms. The summed E-state index contributed by atoms with van der Waals surface area (Å²) < 4.78 is 10.6. The fourth-order valence-corrected chi connectivity index (χ4v) is 3.21. The van der Waals surface area contributed by atoms with Crippen molar-refractivity contribution in [1.29, 1.82) is 0 Å². The van der Waals surface area contributed by atoms with Crippen LogP contribution in [0.3, 0.4) is 0 Å². The second-order valence-corrected chi connectivity index (χ2v) is 8.30. The maximum Gasteiger partial charge on any atom is 0.410 e. The minimum absolute atomic E-state index is 0.0124. The smallest absolute Gasteiger partial charge is 0.410 e. The van der Waals surface area contributed by atoms with E-state index in [1.54, 1.807) is 20.8 Å². The number of halogens is 1. The number of piperazine rings is 1. The summed E-state index contributed by atoms with van der Waals surface area (Å²) in [6.45, 7) is 5.10. The fraction of sp³-hybridized carbons (Fsp3) is 0.500. The number of ether oxygens (including phenoxy) is 2. The Morgan fingerprint density at radius 2 is 1.90 bits per heavy atom. The number of nitro groups is 1. The number of amides is 2. The summed E-state index contributed by atoms with van der Waals surface area (Å²) in [5.41, 5.74) is -1.26. The van der Waals surface area contributed by atoms with Crippen LogP contribution >= 0.6 is 15.9 Å². The predicted molar refractivity (Wildman–Crippen MR) is 105 cm³/mol. The van der Waals surface area contributed by atoms with Crippen LogP contribution in [0.25, 0.3) is 0 Å². The predicted octanol–water partition coefficient (Wildman–Crippen LogP) is 2.59. The highest BCUT2D eigenvalue weighted by atomic mass is 79.9. The molecule has 1 saturated heterocycles. The SMILES string of the molecule is COC(=O)C1CN(C(=O)OC(C)(C)C)CCN1C(=O)c1cc(Br)ccc1[N+](=O)[O-]. The molecule has 1 heterocycles. The van der Waals surface area contributed by atoms with Gasteiger partial charge in [-0.1, -0.05) is 15.9 Å². The van der Waals surface area contributed by atoms with Crippen LogP contribution in [-0.4, -0.2) is 71.1 Å². The molecule has 1 atom stereocenters. The standard InChI is InChI=1S/C18H22BrN3O7/c1-18(2,3)29-17(25)20-7-8-21(14(10-20)16(24)28-4)15(23)12-9-11(19)5-6-13(12)22(26)27/h5-6,9,14H,7-8,10H2,1-4H3. The molecule has 0 spiro atoms. The van der Waals surface area contributed by atoms with E-state index in [1.165, 1.54) is 35.1 Å². The second-order valence-electron chi connectivity index (χ2n) is 7.38. The van der Waals surface area contributed by atoms with E-state index in [0.717, 1.165) is 0 Å². The van der Waals surface area contributed by atoms with E-state index in [4.69, 9.17) is 9.47 Å². The normalized spacial score (nSPS) is 16.9. The lowest BCUT2D eigenvalue weighted by atomic mass is 10.1. The first-order valence-electron chi connectivity index (χ1n) is 8.75. The molecular weight excluding hydrogens is 450 g/mol. The number of carbonyl (C=O) groups excluding carboxylic acids is 3. The van der Waals surface area contributed by atoms with Gasteiger partial charge in [-0.3, -0.25) is 14.9 Å². The molecule has 1 fully saturated rings. The van der Waals surface area contributed by atoms with E-state index < -0.39 is 34.5 Å². The van der Waals surface area contributed by atoms with E-state index in [0.29, 0.717) is 4.47 Å². The first-order valence-corrected chi connectivity index (χ1v) is 9.54. The molecule has 158 valence electrons. The number of nitrogens with zero attached hydrogens (tertiary/aromatic N) is 3. The van der Waals surface area contributed by atoms with Crippen LogP contribution in [0.15, 0.2) is 22.7 Å². The van der Waals surface area contributed by atoms with Crippen molar-refractivity contribution < 1.29 is 28.8 Å². The molecule has 1 aliphatic rings. The number of benzene rings is 1. The zero-order valence-corrected chi connectivity index (χ0v) is 18.1. The van der Waals surface area contributed by atoms with Gasteiger partial charge in [0.25, 0.3) is 11.6 Å². The van der Waals surface area contributed by atoms with Gasteiger partial charge >= 0.3 is 12.1 Å². The Balaban J connectivity index is 2.32. The van der Waals surface area contributed by atoms with Crippen molar-refractivity contribution in [2.24, 2.45) is 0 Å². The molecule has 1 aliphatic heterocycles. The van der Waals surface area contributed by atoms with E-state index in [1.807, 2.05) is 0 Å². The molecule has 10 nitrogen and oxygen atoms in total. The molecule has 0 aliphatic carbocycles. The molecule has 0 N–H and O–H groups in total. The van der Waals surface area contributed by atoms with Crippen LogP contribution in [-0.2, 0) is 14.3 Å². The quantitative estimate of drug-likeness (QED) is 0.377. The monoisotopic (exact) mass is 471 g/mol. The Labute approximate surface area is 176 Å². The Kier molecular flexibility index (Phi) is 6.83. The van der Waals surface area contributed by atoms with Gasteiger partial charge in [0.15, 0.2) is 0 Å². The minimum atomic E-state index is -1.12. The third-order valence-corrected chi connectivity index (χ3v) is 4.65. The summed E-state index contributed by atoms with van der Waals surface area (Å²) in [6.07, 6.45) is -0.619. The fourth-order valence-electron chi connectivity index (χ4n) is 2.85. The number of hydrogen-bond acceptors (Lipinski definition) is 7. The third-order valence-electron chi connectivity index (χ3n) is 4.15. The lowest BCUT2D eigenvalue weighted by Crippen LogP contribution is -2.60. The van der Waals surface area contributed by atoms with Crippen LogP contribution in [0.2, 0.25) is 0 Å². The van der Waals surface area contributed by atoms with Crippen LogP contribution in [0, 0.1) is 10.1 Å². The van der Waals surface area contributed by atoms with Crippen molar-refractivity contribution in [2.45, 2.75) is 32.4 Å². The number of hydrogen-bond donors (Lipinski definition) is 0. The molecule has 0 radical (unpaired) electrons. The van der Waals surface area contributed by atoms with Gasteiger partial charge in [0.1, 0.15) is 17.2 Å². The van der Waals surface area contributed by atoms with Gasteiger partial charge in [0.2, 0.25) is 0 Å². The van der Waals surface area contributed by atoms with Crippen molar-refractivity contribution >= 4 is 39.6 Å². The van der Waals surface area contributed by atoms with Gasteiger partial charge < -0.3 is 19.3 Å². The zero-order valence-electron chi connectivity index (χ0n) is 16.5. The highest BCUT2D eigenvalue weighted by Crippen LogP contribution is 2.26. The Morgan fingerprint density at radius 1 is 1.24 bits per heavy atom. The van der Waals surface area contributed by atoms with E-state index in [2.05, 4.69) is 15.9 Å². The van der Waals surface area contributed by atoms with Crippen molar-refractivity contribution in [2.75, 3.05) is 26.7 Å². The van der Waals surface area contributed by atoms with Crippen molar-refractivity contribution in [1.82, 2.24) is 9.80 Å². The van der Waals surface area contributed by atoms with E-state index in [-0.39, 0.29) is 30.9 Å². The molecule has 1 unspecified atom stereocenters. The largest absolute Gasteiger partial charge is 0.467 e. The number of rotatable bonds is 3. The Hall–Kier alpha value is -2.69. The highest BCUT2D eigenvalue weighted by molar-refractivity contribution is 9.10. The molecule has 1 aromatic rings. The van der Waals surface area contributed by atoms with Gasteiger partial charge in [-0.05, 0) is 32.9 Å². The van der Waals surface area contributed by atoms with Crippen LogP contribution in [0.5, 0.6) is 0 Å². The van der Waals surface area contributed by atoms with E-state index in [9.17, 15) is 24.5 Å². The lowest BCUT2D eigenvalue weighted by Gasteiger charge is -2.40. The molecule has 0 saturated carbocycles. The Bertz CT molecular complexity index is 837. The summed E-state index contributed by atoms with van der Waals surface area (Å²) in [5.74, 6) is -1.43. The maximum atomic E-state index is 13.1. The van der Waals surface area contributed by atoms with Gasteiger partial charge in [-0.25, -0.2) is 9.59 Å². The third kappa shape index (κ3) is 5.43. The number of carbonyl (C=O) groups is 3. The first-order chi connectivity index (χ1) is 13.4. The van der Waals surface area contributed by atoms with E-state index >= 15 is 0 Å². The van der Waals surface area contributed by atoms with Crippen molar-refractivity contribution in [3.05, 3.63) is 38.3 Å². The van der Waals surface area contributed by atoms with Gasteiger partial charge in [-0.2, -0.15) is 0 Å². The molecule has 1 aromatic carbocycles. The number of nitro benzene ring substituents is 1. The molecule has 2 amide bonds. The van der Waals surface area contributed by atoms with Crippen LogP contribution in [0.1, 0.15) is 31.1 Å². The van der Waals surface area contributed by atoms with Gasteiger partial charge in [0.05, 0.1) is 18.6 Å². The molecule has 2 rings (SSSR count). The first kappa shape index (κ1) is 22.6. The summed E-state index contributed by atoms with van der Waals surface area (Å²) >= 11 is 3.20. The van der Waals surface area contributed by atoms with Crippen LogP contribution in [0.4, 0.5) is 10.5 Å². The number of esters is 1. The molecule has 29 heavy (non-hydrogen) atoms. The second kappa shape index (κ2) is 8.76. The zero-order chi connectivity index (χ0) is 21.9. The average molecular weight is 472 g/mol. The number of methoxy groups -OCH3 is 1. The molecule has 0 aromatic heterocycles. The van der Waals surface area contributed by atoms with Gasteiger partial charge in [-0.15, -0.1) is 0 Å². The maximum absolute atomic E-state index is 13.1. The lowest BCUT2D eigenvalue weighted by molar-refractivity contribution is -0.385. The Morgan fingerprint density at radius 3 is 2.45 bits per heavy atom. The topological polar surface area (TPSA) is 119 Å². The highest BCUT2D eigenvalue weighted by Gasteiger charge is 2.40. The molecule has 0 bridgehead atoms. The summed E-state index contributed by atoms with van der Waals surface area (Å²) in [7, 11) is 1.17. The summed E-state index contributed by atoms with van der Waals surface area (Å²) in [6, 6.07) is 2.87. The van der Waals surface area contributed by atoms with Crippen LogP contribution < -0.4 is 0 Å². The summed E-state index contributed by atoms with van der Waals surface area (Å²) in [5, 5.41) is 11.3. The van der Waals surface area contributed by atoms with Crippen molar-refractivity contribution in [3.63, 3.8) is 0 Å². The summed E-state index contributed by atoms with van der Waals surface area (Å²) in [4.78, 5) is 50.9. The van der Waals surface area contributed by atoms with Crippen molar-refractivity contribution in [3.8, 4) is 0 Å². The molecular formula is C18H22BrN3O7. The average Bonchev–Trinajstić information content (AvgIpc) is 2.64.